The third-order valence-corrected chi connectivity index (χ3v) is 0.966. The molecule has 0 aromatic rings. The maximum atomic E-state index is 9.60. The Morgan fingerprint density at radius 2 is 1.70 bits per heavy atom. The predicted octanol–water partition coefficient (Wildman–Crippen LogP) is -2.48. The van der Waals surface area contributed by atoms with Crippen LogP contribution >= 0.6 is 0 Å². The molecule has 0 aromatic heterocycles. The van der Waals surface area contributed by atoms with Gasteiger partial charge in [-0.05, 0) is 0 Å². The molecule has 0 aliphatic carbocycles. The van der Waals surface area contributed by atoms with E-state index in [1.165, 1.54) is 0 Å². The van der Waals surface area contributed by atoms with Gasteiger partial charge in [0, 0.05) is 0 Å². The van der Waals surface area contributed by atoms with Crippen LogP contribution in [0.4, 0.5) is 0 Å². The van der Waals surface area contributed by atoms with Crippen molar-refractivity contribution in [1.29, 1.82) is 0 Å². The van der Waals surface area contributed by atoms with Crippen molar-refractivity contribution in [3.63, 3.8) is 0 Å². The van der Waals surface area contributed by atoms with Crippen molar-refractivity contribution in [2.24, 2.45) is 0 Å². The van der Waals surface area contributed by atoms with E-state index in [0.29, 0.717) is 0 Å². The van der Waals surface area contributed by atoms with Gasteiger partial charge in [0.2, 0.25) is 0 Å². The Kier molecular flexibility index (Phi) is 15.8. The van der Waals surface area contributed by atoms with Crippen molar-refractivity contribution in [3.8, 4) is 0 Å². The topological polar surface area (TPSA) is 57.2 Å². The summed E-state index contributed by atoms with van der Waals surface area (Å²) in [7, 11) is -4.04. The minimum Gasteiger partial charge on any atom is -0.748 e. The minimum absolute atomic E-state index is 0. The normalized spacial score (nSPS) is 8.10. The van der Waals surface area contributed by atoms with Crippen LogP contribution in [-0.2, 0) is 10.1 Å². The van der Waals surface area contributed by atoms with E-state index >= 15 is 0 Å². The Bertz CT molecular complexity index is 162. The number of hydrogen-bond acceptors (Lipinski definition) is 3. The Labute approximate surface area is 83.9 Å². The molecule has 0 fully saturated rings. The molecule has 0 saturated heterocycles. The summed E-state index contributed by atoms with van der Waals surface area (Å²) in [5, 5.41) is 0. The average Bonchev–Trinajstić information content (AvgIpc) is 1.69. The van der Waals surface area contributed by atoms with Gasteiger partial charge < -0.3 is 4.55 Å². The van der Waals surface area contributed by atoms with E-state index in [2.05, 4.69) is 19.7 Å². The van der Waals surface area contributed by atoms with Crippen LogP contribution in [0.15, 0.2) is 25.8 Å². The van der Waals surface area contributed by atoms with Crippen LogP contribution in [0.1, 0.15) is 0 Å². The van der Waals surface area contributed by atoms with Gasteiger partial charge in [0.15, 0.2) is 0 Å². The maximum absolute atomic E-state index is 9.60. The largest absolute Gasteiger partial charge is 1.00 e. The first kappa shape index (κ1) is 16.8. The standard InChI is InChI=1S/C3H6O3S.C2H4.Na/c1-2-3-7(4,5)6;1-2;/h2H,1,3H2,(H,4,5,6);1-2H2;/q;;+1/p-1. The Morgan fingerprint density at radius 1 is 1.40 bits per heavy atom. The first-order valence-corrected chi connectivity index (χ1v) is 3.68. The molecule has 0 aliphatic rings. The van der Waals surface area contributed by atoms with E-state index < -0.39 is 15.9 Å². The second kappa shape index (κ2) is 9.39. The smallest absolute Gasteiger partial charge is 0.748 e. The van der Waals surface area contributed by atoms with Crippen LogP contribution < -0.4 is 29.6 Å². The SMILES string of the molecule is C=C.C=CCS(=O)(=O)[O-].[Na+]. The first-order valence-electron chi connectivity index (χ1n) is 2.11. The van der Waals surface area contributed by atoms with Gasteiger partial charge in [-0.3, -0.25) is 0 Å². The van der Waals surface area contributed by atoms with Crippen LogP contribution in [0.5, 0.6) is 0 Å². The van der Waals surface area contributed by atoms with Crippen molar-refractivity contribution < 1.29 is 42.5 Å². The predicted molar refractivity (Wildman–Crippen MR) is 36.0 cm³/mol. The van der Waals surface area contributed by atoms with Gasteiger partial charge in [0.05, 0.1) is 15.9 Å². The van der Waals surface area contributed by atoms with Gasteiger partial charge in [0.25, 0.3) is 0 Å². The van der Waals surface area contributed by atoms with E-state index in [9.17, 15) is 13.0 Å². The van der Waals surface area contributed by atoms with Gasteiger partial charge in [0.1, 0.15) is 0 Å². The third kappa shape index (κ3) is 23.8. The quantitative estimate of drug-likeness (QED) is 0.263. The molecular weight excluding hydrogens is 163 g/mol. The van der Waals surface area contributed by atoms with Crippen LogP contribution in [0.25, 0.3) is 0 Å². The molecule has 0 rings (SSSR count). The van der Waals surface area contributed by atoms with Crippen LogP contribution in [0.3, 0.4) is 0 Å². The van der Waals surface area contributed by atoms with Crippen molar-refractivity contribution in [3.05, 3.63) is 25.8 Å². The molecular formula is C5H9NaO3S. The Morgan fingerprint density at radius 3 is 1.70 bits per heavy atom. The molecule has 0 aliphatic heterocycles. The van der Waals surface area contributed by atoms with E-state index in [1.54, 1.807) is 0 Å². The van der Waals surface area contributed by atoms with E-state index in [-0.39, 0.29) is 29.6 Å². The fraction of sp³-hybridized carbons (Fsp3) is 0.200. The van der Waals surface area contributed by atoms with Crippen LogP contribution in [-0.4, -0.2) is 18.7 Å². The average molecular weight is 172 g/mol. The zero-order valence-electron chi connectivity index (χ0n) is 6.04. The van der Waals surface area contributed by atoms with Crippen LogP contribution in [0.2, 0.25) is 0 Å². The first-order chi connectivity index (χ1) is 4.06. The Hall–Kier alpha value is 0.390. The molecule has 3 nitrogen and oxygen atoms in total. The molecule has 0 bridgehead atoms. The molecule has 0 radical (unpaired) electrons. The molecule has 54 valence electrons. The van der Waals surface area contributed by atoms with Crippen molar-refractivity contribution in [2.45, 2.75) is 0 Å². The second-order valence-corrected chi connectivity index (χ2v) is 2.46. The zero-order valence-corrected chi connectivity index (χ0v) is 8.86. The van der Waals surface area contributed by atoms with Crippen molar-refractivity contribution in [1.82, 2.24) is 0 Å². The fourth-order valence-corrected chi connectivity index (χ4v) is 0.433. The molecule has 0 atom stereocenters. The van der Waals surface area contributed by atoms with Gasteiger partial charge in [-0.2, -0.15) is 0 Å². The maximum Gasteiger partial charge on any atom is 1.00 e. The zero-order chi connectivity index (χ0) is 7.91. The van der Waals surface area contributed by atoms with Crippen LogP contribution in [0, 0.1) is 0 Å². The van der Waals surface area contributed by atoms with Crippen molar-refractivity contribution in [2.75, 3.05) is 5.75 Å². The molecule has 10 heavy (non-hydrogen) atoms. The summed E-state index contributed by atoms with van der Waals surface area (Å²) in [6, 6.07) is 0. The number of hydrogen-bond donors (Lipinski definition) is 0. The third-order valence-electron chi connectivity index (χ3n) is 0.322. The molecule has 0 amide bonds. The summed E-state index contributed by atoms with van der Waals surface area (Å²) >= 11 is 0. The molecule has 0 unspecified atom stereocenters. The monoisotopic (exact) mass is 172 g/mol. The summed E-state index contributed by atoms with van der Waals surface area (Å²) in [5.74, 6) is -0.479. The summed E-state index contributed by atoms with van der Waals surface area (Å²) < 4.78 is 28.8. The molecule has 5 heteroatoms. The molecule has 0 spiro atoms. The number of rotatable bonds is 2. The Balaban J connectivity index is -0.000000149. The van der Waals surface area contributed by atoms with Gasteiger partial charge in [-0.1, -0.05) is 6.08 Å². The molecule has 0 saturated carbocycles. The minimum atomic E-state index is -4.04. The van der Waals surface area contributed by atoms with Crippen molar-refractivity contribution >= 4 is 10.1 Å². The van der Waals surface area contributed by atoms with Gasteiger partial charge >= 0.3 is 29.6 Å². The second-order valence-electron chi connectivity index (χ2n) is 1.01. The molecule has 0 N–H and O–H groups in total. The molecule has 0 heterocycles. The summed E-state index contributed by atoms with van der Waals surface area (Å²) in [6.45, 7) is 9.07. The summed E-state index contributed by atoms with van der Waals surface area (Å²) in [6.07, 6.45) is 1.06. The van der Waals surface area contributed by atoms with Gasteiger partial charge in [-0.25, -0.2) is 8.42 Å². The van der Waals surface area contributed by atoms with E-state index in [1.807, 2.05) is 0 Å². The summed E-state index contributed by atoms with van der Waals surface area (Å²) in [4.78, 5) is 0. The fourth-order valence-electron chi connectivity index (χ4n) is 0.144. The van der Waals surface area contributed by atoms with E-state index in [0.717, 1.165) is 6.08 Å². The molecule has 0 aromatic carbocycles. The van der Waals surface area contributed by atoms with Gasteiger partial charge in [-0.15, -0.1) is 19.7 Å². The summed E-state index contributed by atoms with van der Waals surface area (Å²) in [5.41, 5.74) is 0. The van der Waals surface area contributed by atoms with E-state index in [4.69, 9.17) is 0 Å².